The van der Waals surface area contributed by atoms with E-state index in [0.29, 0.717) is 10.8 Å². The lowest BCUT2D eigenvalue weighted by molar-refractivity contribution is -0.141. The number of anilines is 1. The number of hydrogen-bond acceptors (Lipinski definition) is 7. The molecule has 2 rings (SSSR count). The van der Waals surface area contributed by atoms with Crippen molar-refractivity contribution in [2.45, 2.75) is 18.9 Å². The predicted molar refractivity (Wildman–Crippen MR) is 82.1 cm³/mol. The molecule has 1 amide bonds. The van der Waals surface area contributed by atoms with Crippen LogP contribution in [0.5, 0.6) is 0 Å². The fourth-order valence-electron chi connectivity index (χ4n) is 1.78. The van der Waals surface area contributed by atoms with E-state index in [1.54, 1.807) is 5.38 Å². The third-order valence-electron chi connectivity index (χ3n) is 2.73. The zero-order valence-corrected chi connectivity index (χ0v) is 13.0. The van der Waals surface area contributed by atoms with E-state index in [4.69, 9.17) is 5.73 Å². The summed E-state index contributed by atoms with van der Waals surface area (Å²) in [5.41, 5.74) is 6.16. The van der Waals surface area contributed by atoms with Crippen molar-refractivity contribution in [1.29, 1.82) is 0 Å². The van der Waals surface area contributed by atoms with Crippen molar-refractivity contribution < 1.29 is 14.3 Å². The SMILES string of the molecule is COC(=O)CC(NC(=O)Cc1csc(N)n1)c1cccs1. The standard InChI is InChI=1S/C13H15N3O3S2/c1-19-12(18)6-9(10-3-2-4-20-10)16-11(17)5-8-7-21-13(14)15-8/h2-4,7,9H,5-6H2,1H3,(H2,14,15)(H,16,17). The van der Waals surface area contributed by atoms with Crippen LogP contribution in [0.1, 0.15) is 23.0 Å². The van der Waals surface area contributed by atoms with Crippen LogP contribution < -0.4 is 11.1 Å². The van der Waals surface area contributed by atoms with Gasteiger partial charge >= 0.3 is 5.97 Å². The van der Waals surface area contributed by atoms with Crippen molar-refractivity contribution in [3.8, 4) is 0 Å². The van der Waals surface area contributed by atoms with Gasteiger partial charge in [0, 0.05) is 10.3 Å². The minimum atomic E-state index is -0.388. The molecule has 8 heteroatoms. The molecular formula is C13H15N3O3S2. The highest BCUT2D eigenvalue weighted by Crippen LogP contribution is 2.22. The molecule has 2 aromatic rings. The topological polar surface area (TPSA) is 94.3 Å². The number of aromatic nitrogens is 1. The van der Waals surface area contributed by atoms with Gasteiger partial charge in [0.25, 0.3) is 0 Å². The Morgan fingerprint density at radius 3 is 2.86 bits per heavy atom. The van der Waals surface area contributed by atoms with Crippen molar-refractivity contribution >= 4 is 39.7 Å². The molecule has 3 N–H and O–H groups in total. The third-order valence-corrected chi connectivity index (χ3v) is 4.44. The van der Waals surface area contributed by atoms with Crippen molar-refractivity contribution in [3.05, 3.63) is 33.5 Å². The number of nitrogens with zero attached hydrogens (tertiary/aromatic N) is 1. The van der Waals surface area contributed by atoms with Gasteiger partial charge < -0.3 is 15.8 Å². The van der Waals surface area contributed by atoms with Crippen molar-refractivity contribution in [1.82, 2.24) is 10.3 Å². The Bertz CT molecular complexity index is 610. The molecule has 0 aromatic carbocycles. The number of carbonyl (C=O) groups is 2. The average molecular weight is 325 g/mol. The first-order valence-electron chi connectivity index (χ1n) is 6.18. The number of nitrogen functional groups attached to an aromatic ring is 1. The number of ether oxygens (including phenoxy) is 1. The summed E-state index contributed by atoms with van der Waals surface area (Å²) in [5.74, 6) is -0.575. The zero-order valence-electron chi connectivity index (χ0n) is 11.4. The molecule has 0 saturated heterocycles. The van der Waals surface area contributed by atoms with Crippen LogP contribution in [0.15, 0.2) is 22.9 Å². The van der Waals surface area contributed by atoms with Crippen molar-refractivity contribution in [2.24, 2.45) is 0 Å². The van der Waals surface area contributed by atoms with E-state index >= 15 is 0 Å². The summed E-state index contributed by atoms with van der Waals surface area (Å²) in [4.78, 5) is 28.5. The lowest BCUT2D eigenvalue weighted by Gasteiger charge is -2.16. The highest BCUT2D eigenvalue weighted by Gasteiger charge is 2.20. The Morgan fingerprint density at radius 2 is 2.29 bits per heavy atom. The molecule has 0 radical (unpaired) electrons. The molecule has 2 heterocycles. The Kier molecular flexibility index (Phi) is 5.29. The number of thiophene rings is 1. The van der Waals surface area contributed by atoms with Gasteiger partial charge in [0.1, 0.15) is 0 Å². The summed E-state index contributed by atoms with van der Waals surface area (Å²) in [6.45, 7) is 0. The molecule has 0 aliphatic heterocycles. The summed E-state index contributed by atoms with van der Waals surface area (Å²) < 4.78 is 4.67. The molecule has 0 bridgehead atoms. The fourth-order valence-corrected chi connectivity index (χ4v) is 3.12. The molecule has 0 saturated carbocycles. The minimum Gasteiger partial charge on any atom is -0.469 e. The lowest BCUT2D eigenvalue weighted by atomic mass is 10.1. The second kappa shape index (κ2) is 7.19. The largest absolute Gasteiger partial charge is 0.469 e. The van der Waals surface area contributed by atoms with Gasteiger partial charge in [0.2, 0.25) is 5.91 Å². The Labute approximate surface area is 130 Å². The first kappa shape index (κ1) is 15.5. The van der Waals surface area contributed by atoms with Crippen LogP contribution in [0, 0.1) is 0 Å². The number of carbonyl (C=O) groups excluding carboxylic acids is 2. The summed E-state index contributed by atoms with van der Waals surface area (Å²) in [6.07, 6.45) is 0.235. The number of thiazole rings is 1. The Balaban J connectivity index is 2.00. The van der Waals surface area contributed by atoms with E-state index in [2.05, 4.69) is 15.0 Å². The maximum absolute atomic E-state index is 12.1. The number of esters is 1. The van der Waals surface area contributed by atoms with E-state index < -0.39 is 0 Å². The second-order valence-electron chi connectivity index (χ2n) is 4.27. The van der Waals surface area contributed by atoms with Gasteiger partial charge in [-0.25, -0.2) is 4.98 Å². The minimum absolute atomic E-state index is 0.0992. The normalized spacial score (nSPS) is 11.9. The van der Waals surface area contributed by atoms with Gasteiger partial charge in [-0.3, -0.25) is 9.59 Å². The molecule has 1 unspecified atom stereocenters. The van der Waals surface area contributed by atoms with Crippen LogP contribution in [0.2, 0.25) is 0 Å². The summed E-state index contributed by atoms with van der Waals surface area (Å²) in [6, 6.07) is 3.36. The molecule has 2 aromatic heterocycles. The van der Waals surface area contributed by atoms with Crippen LogP contribution in [0.25, 0.3) is 0 Å². The van der Waals surface area contributed by atoms with Gasteiger partial charge in [-0.15, -0.1) is 22.7 Å². The molecule has 1 atom stereocenters. The van der Waals surface area contributed by atoms with E-state index in [1.165, 1.54) is 29.8 Å². The number of rotatable bonds is 6. The van der Waals surface area contributed by atoms with Crippen LogP contribution in [-0.2, 0) is 20.7 Å². The number of hydrogen-bond donors (Lipinski definition) is 2. The van der Waals surface area contributed by atoms with Gasteiger partial charge in [-0.05, 0) is 11.4 Å². The molecule has 21 heavy (non-hydrogen) atoms. The quantitative estimate of drug-likeness (QED) is 0.789. The zero-order chi connectivity index (χ0) is 15.2. The molecule has 0 fully saturated rings. The second-order valence-corrected chi connectivity index (χ2v) is 6.14. The molecule has 112 valence electrons. The maximum Gasteiger partial charge on any atom is 0.307 e. The van der Waals surface area contributed by atoms with Gasteiger partial charge in [0.05, 0.1) is 31.7 Å². The average Bonchev–Trinajstić information content (AvgIpc) is 3.09. The third kappa shape index (κ3) is 4.54. The Morgan fingerprint density at radius 1 is 1.48 bits per heavy atom. The van der Waals surface area contributed by atoms with Gasteiger partial charge in [-0.1, -0.05) is 6.07 Å². The van der Waals surface area contributed by atoms with Gasteiger partial charge in [0.15, 0.2) is 5.13 Å². The molecular weight excluding hydrogens is 310 g/mol. The fraction of sp³-hybridized carbons (Fsp3) is 0.308. The molecule has 0 spiro atoms. The van der Waals surface area contributed by atoms with Crippen LogP contribution >= 0.6 is 22.7 Å². The number of nitrogens with one attached hydrogen (secondary N) is 1. The summed E-state index contributed by atoms with van der Waals surface area (Å²) >= 11 is 2.77. The maximum atomic E-state index is 12.1. The molecule has 6 nitrogen and oxygen atoms in total. The van der Waals surface area contributed by atoms with Crippen LogP contribution in [0.3, 0.4) is 0 Å². The summed E-state index contributed by atoms with van der Waals surface area (Å²) in [7, 11) is 1.33. The van der Waals surface area contributed by atoms with Crippen LogP contribution in [-0.4, -0.2) is 24.0 Å². The number of amides is 1. The van der Waals surface area contributed by atoms with Crippen LogP contribution in [0.4, 0.5) is 5.13 Å². The number of nitrogens with two attached hydrogens (primary N) is 1. The van der Waals surface area contributed by atoms with Crippen molar-refractivity contribution in [2.75, 3.05) is 12.8 Å². The van der Waals surface area contributed by atoms with E-state index in [0.717, 1.165) is 4.88 Å². The van der Waals surface area contributed by atoms with Gasteiger partial charge in [-0.2, -0.15) is 0 Å². The van der Waals surface area contributed by atoms with E-state index in [1.807, 2.05) is 17.5 Å². The molecule has 0 aliphatic carbocycles. The smallest absolute Gasteiger partial charge is 0.307 e. The highest BCUT2D eigenvalue weighted by molar-refractivity contribution is 7.13. The monoisotopic (exact) mass is 325 g/mol. The van der Waals surface area contributed by atoms with E-state index in [-0.39, 0.29) is 30.8 Å². The Hall–Kier alpha value is -1.93. The number of methoxy groups -OCH3 is 1. The summed E-state index contributed by atoms with van der Waals surface area (Å²) in [5, 5.41) is 6.91. The lowest BCUT2D eigenvalue weighted by Crippen LogP contribution is -2.31. The van der Waals surface area contributed by atoms with E-state index in [9.17, 15) is 9.59 Å². The first-order chi connectivity index (χ1) is 10.1. The molecule has 0 aliphatic rings. The predicted octanol–water partition coefficient (Wildman–Crippen LogP) is 1.75. The first-order valence-corrected chi connectivity index (χ1v) is 7.94. The van der Waals surface area contributed by atoms with Crippen molar-refractivity contribution in [3.63, 3.8) is 0 Å². The highest BCUT2D eigenvalue weighted by atomic mass is 32.1.